The summed E-state index contributed by atoms with van der Waals surface area (Å²) in [5.41, 5.74) is 2.67. The van der Waals surface area contributed by atoms with Gasteiger partial charge in [-0.2, -0.15) is 0 Å². The molecule has 0 radical (unpaired) electrons. The zero-order valence-electron chi connectivity index (χ0n) is 15.4. The molecule has 3 rings (SSSR count). The van der Waals surface area contributed by atoms with Crippen LogP contribution in [-0.4, -0.2) is 21.8 Å². The number of allylic oxidation sites excluding steroid dienone is 1. The van der Waals surface area contributed by atoms with Crippen molar-refractivity contribution in [3.8, 4) is 0 Å². The number of aryl methyl sites for hydroxylation is 1. The Balaban J connectivity index is 1.83. The van der Waals surface area contributed by atoms with E-state index in [0.717, 1.165) is 51.8 Å². The van der Waals surface area contributed by atoms with E-state index < -0.39 is 0 Å². The molecule has 136 valence electrons. The second-order valence-electron chi connectivity index (χ2n) is 6.26. The molecule has 0 bridgehead atoms. The summed E-state index contributed by atoms with van der Waals surface area (Å²) in [7, 11) is 0. The quantitative estimate of drug-likeness (QED) is 0.647. The number of hydrogen-bond donors (Lipinski definition) is 0. The predicted octanol–water partition coefficient (Wildman–Crippen LogP) is 5.30. The Labute approximate surface area is 158 Å². The first-order valence-corrected chi connectivity index (χ1v) is 9.56. The normalized spacial score (nSPS) is 16.0. The van der Waals surface area contributed by atoms with Crippen molar-refractivity contribution in [1.29, 1.82) is 0 Å². The van der Waals surface area contributed by atoms with Gasteiger partial charge in [-0.25, -0.2) is 4.98 Å². The van der Waals surface area contributed by atoms with E-state index >= 15 is 0 Å². The van der Waals surface area contributed by atoms with Gasteiger partial charge in [0.05, 0.1) is 4.91 Å². The summed E-state index contributed by atoms with van der Waals surface area (Å²) in [5.74, 6) is 1.48. The van der Waals surface area contributed by atoms with E-state index in [0.29, 0.717) is 5.89 Å². The lowest BCUT2D eigenvalue weighted by atomic mass is 10.0. The molecule has 0 aliphatic heterocycles. The monoisotopic (exact) mass is 369 g/mol. The van der Waals surface area contributed by atoms with Crippen LogP contribution in [0.2, 0.25) is 0 Å². The van der Waals surface area contributed by atoms with Crippen molar-refractivity contribution in [3.63, 3.8) is 0 Å². The molecular formula is C20H23N3O2S. The van der Waals surface area contributed by atoms with Gasteiger partial charge in [-0.1, -0.05) is 35.6 Å². The minimum Gasteiger partial charge on any atom is -0.440 e. The number of fused-ring (bicyclic) bond motifs is 1. The van der Waals surface area contributed by atoms with Crippen LogP contribution in [0.15, 0.2) is 46.8 Å². The van der Waals surface area contributed by atoms with E-state index in [1.54, 1.807) is 12.4 Å². The number of thioether (sulfide) groups is 1. The Hall–Kier alpha value is -2.34. The summed E-state index contributed by atoms with van der Waals surface area (Å²) >= 11 is 1.53. The summed E-state index contributed by atoms with van der Waals surface area (Å²) in [6.07, 6.45) is 8.30. The molecule has 2 aromatic rings. The number of nitrogens with zero attached hydrogens (tertiary/aromatic N) is 3. The molecule has 1 aliphatic rings. The van der Waals surface area contributed by atoms with Crippen molar-refractivity contribution in [3.05, 3.63) is 60.1 Å². The first kappa shape index (κ1) is 18.5. The van der Waals surface area contributed by atoms with Crippen molar-refractivity contribution in [2.75, 3.05) is 0 Å². The maximum Gasteiger partial charge on any atom is 0.233 e. The van der Waals surface area contributed by atoms with Gasteiger partial charge in [-0.05, 0) is 39.7 Å². The summed E-state index contributed by atoms with van der Waals surface area (Å²) in [4.78, 5) is 16.1. The number of pyridine rings is 1. The minimum absolute atomic E-state index is 0.0451. The van der Waals surface area contributed by atoms with Crippen molar-refractivity contribution in [2.45, 2.75) is 46.1 Å². The average Bonchev–Trinajstić information content (AvgIpc) is 3.09. The third-order valence-electron chi connectivity index (χ3n) is 3.85. The highest BCUT2D eigenvalue weighted by atomic mass is 32.2. The Kier molecular flexibility index (Phi) is 5.93. The maximum atomic E-state index is 6.04. The summed E-state index contributed by atoms with van der Waals surface area (Å²) in [5, 5.41) is 4.27. The second kappa shape index (κ2) is 8.36. The van der Waals surface area contributed by atoms with E-state index in [1.165, 1.54) is 11.8 Å². The molecule has 5 nitrogen and oxygen atoms in total. The lowest BCUT2D eigenvalue weighted by Crippen LogP contribution is -2.12. The standard InChI is InChI=1S/C20H23N3O2S/c1-5-18(26-14(4)15-8-7-11-21-12-15)20-22-19-16(23-25-13(2)3)9-6-10-17(19)24-20/h5,7-8,11-13H,4,6,9-10H2,1-3H3/b18-5-,23-16+. The zero-order chi connectivity index (χ0) is 18.5. The SMILES string of the molecule is C=C(S/C(=C\C)c1nc2c(o1)CCC/C2=N\OC(C)C)c1cccnc1. The van der Waals surface area contributed by atoms with Crippen LogP contribution < -0.4 is 0 Å². The highest BCUT2D eigenvalue weighted by Crippen LogP contribution is 2.38. The Bertz CT molecular complexity index is 838. The van der Waals surface area contributed by atoms with Gasteiger partial charge in [0.1, 0.15) is 23.3 Å². The Morgan fingerprint density at radius 3 is 2.96 bits per heavy atom. The fourth-order valence-electron chi connectivity index (χ4n) is 2.59. The van der Waals surface area contributed by atoms with Crippen molar-refractivity contribution < 1.29 is 9.25 Å². The van der Waals surface area contributed by atoms with E-state index in [-0.39, 0.29) is 6.10 Å². The highest BCUT2D eigenvalue weighted by Gasteiger charge is 2.25. The van der Waals surface area contributed by atoms with Crippen LogP contribution >= 0.6 is 11.8 Å². The molecule has 0 aromatic carbocycles. The molecule has 0 spiro atoms. The van der Waals surface area contributed by atoms with Crippen molar-refractivity contribution in [1.82, 2.24) is 9.97 Å². The van der Waals surface area contributed by atoms with Crippen LogP contribution in [0.4, 0.5) is 0 Å². The van der Waals surface area contributed by atoms with Gasteiger partial charge in [-0.15, -0.1) is 0 Å². The molecule has 0 fully saturated rings. The molecular weight excluding hydrogens is 346 g/mol. The van der Waals surface area contributed by atoms with Crippen molar-refractivity contribution >= 4 is 27.3 Å². The summed E-state index contributed by atoms with van der Waals surface area (Å²) in [6.45, 7) is 10.0. The lowest BCUT2D eigenvalue weighted by molar-refractivity contribution is 0.0854. The first-order valence-electron chi connectivity index (χ1n) is 8.75. The Morgan fingerprint density at radius 1 is 1.42 bits per heavy atom. The van der Waals surface area contributed by atoms with Gasteiger partial charge >= 0.3 is 0 Å². The summed E-state index contributed by atoms with van der Waals surface area (Å²) < 4.78 is 6.04. The Morgan fingerprint density at radius 2 is 2.27 bits per heavy atom. The lowest BCUT2D eigenvalue weighted by Gasteiger charge is -2.11. The van der Waals surface area contributed by atoms with Crippen LogP contribution in [0.25, 0.3) is 9.81 Å². The maximum absolute atomic E-state index is 6.04. The molecule has 0 atom stereocenters. The van der Waals surface area contributed by atoms with E-state index in [4.69, 9.17) is 14.2 Å². The van der Waals surface area contributed by atoms with Gasteiger partial charge in [0, 0.05) is 29.3 Å². The molecule has 0 amide bonds. The summed E-state index contributed by atoms with van der Waals surface area (Å²) in [6, 6.07) is 3.89. The minimum atomic E-state index is 0.0451. The molecule has 0 N–H and O–H groups in total. The molecule has 6 heteroatoms. The number of oxazole rings is 1. The van der Waals surface area contributed by atoms with Gasteiger partial charge < -0.3 is 9.25 Å². The van der Waals surface area contributed by atoms with E-state index in [2.05, 4.69) is 16.7 Å². The predicted molar refractivity (Wildman–Crippen MR) is 107 cm³/mol. The van der Waals surface area contributed by atoms with Gasteiger partial charge in [0.2, 0.25) is 5.89 Å². The van der Waals surface area contributed by atoms with Gasteiger partial charge in [0.15, 0.2) is 0 Å². The molecule has 26 heavy (non-hydrogen) atoms. The van der Waals surface area contributed by atoms with E-state index in [1.807, 2.05) is 39.0 Å². The fourth-order valence-corrected chi connectivity index (χ4v) is 3.39. The molecule has 0 unspecified atom stereocenters. The molecule has 0 saturated carbocycles. The zero-order valence-corrected chi connectivity index (χ0v) is 16.2. The van der Waals surface area contributed by atoms with Crippen LogP contribution in [0, 0.1) is 0 Å². The number of aromatic nitrogens is 2. The van der Waals surface area contributed by atoms with Crippen molar-refractivity contribution in [2.24, 2.45) is 5.16 Å². The molecule has 0 saturated heterocycles. The number of rotatable bonds is 6. The van der Waals surface area contributed by atoms with Gasteiger partial charge in [-0.3, -0.25) is 4.98 Å². The van der Waals surface area contributed by atoms with Crippen LogP contribution in [0.5, 0.6) is 0 Å². The number of hydrogen-bond acceptors (Lipinski definition) is 6. The third kappa shape index (κ3) is 4.25. The highest BCUT2D eigenvalue weighted by molar-refractivity contribution is 8.16. The van der Waals surface area contributed by atoms with Crippen LogP contribution in [-0.2, 0) is 11.3 Å². The van der Waals surface area contributed by atoms with Gasteiger partial charge in [0.25, 0.3) is 0 Å². The molecule has 2 heterocycles. The first-order chi connectivity index (χ1) is 12.6. The topological polar surface area (TPSA) is 60.5 Å². The average molecular weight is 369 g/mol. The molecule has 1 aliphatic carbocycles. The largest absolute Gasteiger partial charge is 0.440 e. The second-order valence-corrected chi connectivity index (χ2v) is 7.39. The van der Waals surface area contributed by atoms with Crippen LogP contribution in [0.1, 0.15) is 56.5 Å². The fraction of sp³-hybridized carbons (Fsp3) is 0.350. The third-order valence-corrected chi connectivity index (χ3v) is 4.96. The smallest absolute Gasteiger partial charge is 0.233 e. The van der Waals surface area contributed by atoms with E-state index in [9.17, 15) is 0 Å². The van der Waals surface area contributed by atoms with Crippen LogP contribution in [0.3, 0.4) is 0 Å². The number of oxime groups is 1. The molecule has 2 aromatic heterocycles.